The van der Waals surface area contributed by atoms with E-state index in [0.717, 1.165) is 11.8 Å². The van der Waals surface area contributed by atoms with E-state index >= 15 is 0 Å². The quantitative estimate of drug-likeness (QED) is 0.112. The van der Waals surface area contributed by atoms with Crippen LogP contribution in [0.4, 0.5) is 5.95 Å². The zero-order chi connectivity index (χ0) is 30.7. The van der Waals surface area contributed by atoms with Crippen LogP contribution in [0.25, 0.3) is 11.2 Å². The van der Waals surface area contributed by atoms with Crippen molar-refractivity contribution in [2.24, 2.45) is 5.41 Å². The van der Waals surface area contributed by atoms with Gasteiger partial charge in [0.1, 0.15) is 23.6 Å². The van der Waals surface area contributed by atoms with Gasteiger partial charge < -0.3 is 29.4 Å². The summed E-state index contributed by atoms with van der Waals surface area (Å²) in [6, 6.07) is -0.873. The first-order chi connectivity index (χ1) is 19.0. The number of aromatic amines is 1. The molecular formula is C23H36ClN6O8PS2. The minimum atomic E-state index is -3.37. The van der Waals surface area contributed by atoms with Gasteiger partial charge in [0, 0.05) is 11.2 Å². The minimum Gasteiger partial charge on any atom is -0.462 e. The molecular weight excluding hydrogens is 619 g/mol. The number of alkyl halides is 1. The van der Waals surface area contributed by atoms with E-state index in [-0.39, 0.29) is 41.5 Å². The number of carbonyl (C=O) groups is 2. The van der Waals surface area contributed by atoms with Gasteiger partial charge in [-0.1, -0.05) is 32.5 Å². The number of anilines is 1. The number of ether oxygens (including phenoxy) is 2. The summed E-state index contributed by atoms with van der Waals surface area (Å²) in [6.07, 6.45) is -2.18. The topological polar surface area (TPSA) is 193 Å². The summed E-state index contributed by atoms with van der Waals surface area (Å²) >= 11 is 13.3. The smallest absolute Gasteiger partial charge is 0.323 e. The number of thioether (sulfide) groups is 1. The van der Waals surface area contributed by atoms with Crippen molar-refractivity contribution in [2.75, 3.05) is 24.7 Å². The number of nitrogens with one attached hydrogen (secondary N) is 2. The fourth-order valence-electron chi connectivity index (χ4n) is 3.61. The van der Waals surface area contributed by atoms with E-state index in [1.165, 1.54) is 10.9 Å². The molecule has 0 amide bonds. The highest BCUT2D eigenvalue weighted by Crippen LogP contribution is 2.46. The molecule has 0 saturated carbocycles. The van der Waals surface area contributed by atoms with E-state index in [0.29, 0.717) is 5.75 Å². The molecule has 41 heavy (non-hydrogen) atoms. The maximum absolute atomic E-state index is 12.4. The number of fused-ring (bicyclic) bond motifs is 1. The van der Waals surface area contributed by atoms with E-state index in [1.807, 2.05) is 20.8 Å². The number of rotatable bonds is 12. The first-order valence-electron chi connectivity index (χ1n) is 12.8. The highest BCUT2D eigenvalue weighted by molar-refractivity contribution is 8.13. The second-order valence-electron chi connectivity index (χ2n) is 10.6. The minimum absolute atomic E-state index is 0.0101. The zero-order valence-electron chi connectivity index (χ0n) is 23.5. The molecule has 1 aliphatic heterocycles. The van der Waals surface area contributed by atoms with Crippen molar-refractivity contribution >= 4 is 70.0 Å². The van der Waals surface area contributed by atoms with Crippen LogP contribution in [0.1, 0.15) is 47.8 Å². The van der Waals surface area contributed by atoms with Gasteiger partial charge in [0.05, 0.1) is 25.6 Å². The highest BCUT2D eigenvalue weighted by atomic mass is 35.5. The lowest BCUT2D eigenvalue weighted by Gasteiger charge is -2.28. The Kier molecular flexibility index (Phi) is 11.4. The van der Waals surface area contributed by atoms with Gasteiger partial charge in [0.2, 0.25) is 5.95 Å². The summed E-state index contributed by atoms with van der Waals surface area (Å²) in [4.78, 5) is 47.4. The van der Waals surface area contributed by atoms with Gasteiger partial charge in [-0.05, 0) is 32.6 Å². The van der Waals surface area contributed by atoms with Crippen LogP contribution in [0.3, 0.4) is 0 Å². The van der Waals surface area contributed by atoms with Gasteiger partial charge in [-0.15, -0.1) is 11.6 Å². The number of carbonyl (C=O) groups excluding carboxylic acids is 2. The molecule has 3 rings (SSSR count). The summed E-state index contributed by atoms with van der Waals surface area (Å²) < 4.78 is 24.5. The van der Waals surface area contributed by atoms with E-state index in [2.05, 4.69) is 20.0 Å². The molecule has 1 aliphatic rings. The predicted molar refractivity (Wildman–Crippen MR) is 159 cm³/mol. The average Bonchev–Trinajstić information content (AvgIpc) is 3.40. The van der Waals surface area contributed by atoms with E-state index in [1.54, 1.807) is 20.8 Å². The molecule has 3 heterocycles. The zero-order valence-corrected chi connectivity index (χ0v) is 26.8. The van der Waals surface area contributed by atoms with Crippen LogP contribution in [0.15, 0.2) is 11.1 Å². The van der Waals surface area contributed by atoms with Gasteiger partial charge in [-0.2, -0.15) is 4.98 Å². The van der Waals surface area contributed by atoms with Gasteiger partial charge in [0.25, 0.3) is 12.2 Å². The van der Waals surface area contributed by atoms with Crippen molar-refractivity contribution in [1.29, 1.82) is 0 Å². The Bertz CT molecular complexity index is 1350. The number of nitrogen functional groups attached to an aromatic ring is 1. The van der Waals surface area contributed by atoms with Crippen LogP contribution in [-0.2, 0) is 39.9 Å². The van der Waals surface area contributed by atoms with Crippen LogP contribution >= 0.6 is 30.0 Å². The number of aliphatic hydroxyl groups is 1. The van der Waals surface area contributed by atoms with E-state index in [4.69, 9.17) is 47.7 Å². The number of halogens is 1. The Hall–Kier alpha value is -1.62. The first-order valence-corrected chi connectivity index (χ1v) is 16.8. The van der Waals surface area contributed by atoms with Crippen LogP contribution in [0.5, 0.6) is 0 Å². The Morgan fingerprint density at radius 2 is 2.05 bits per heavy atom. The molecule has 2 aromatic heterocycles. The number of aliphatic hydroxyl groups excluding tert-OH is 1. The fourth-order valence-corrected chi connectivity index (χ4v) is 7.22. The lowest BCUT2D eigenvalue weighted by Crippen LogP contribution is -2.37. The van der Waals surface area contributed by atoms with Crippen molar-refractivity contribution < 1.29 is 33.2 Å². The second-order valence-corrected chi connectivity index (χ2v) is 15.4. The van der Waals surface area contributed by atoms with Crippen molar-refractivity contribution in [3.63, 3.8) is 0 Å². The number of nitrogens with zero attached hydrogens (tertiary/aromatic N) is 3. The number of hydrogen-bond donors (Lipinski definition) is 4. The summed E-state index contributed by atoms with van der Waals surface area (Å²) in [7, 11) is 0. The molecule has 6 atom stereocenters. The number of aromatic nitrogens is 4. The second kappa shape index (κ2) is 13.8. The van der Waals surface area contributed by atoms with Gasteiger partial charge >= 0.3 is 5.97 Å². The Labute approximate surface area is 251 Å². The predicted octanol–water partition coefficient (Wildman–Crippen LogP) is 2.06. The molecule has 0 bridgehead atoms. The fraction of sp³-hybridized carbons (Fsp3) is 0.696. The molecule has 0 aliphatic carbocycles. The summed E-state index contributed by atoms with van der Waals surface area (Å²) in [6.45, 7) is 6.89. The van der Waals surface area contributed by atoms with E-state index in [9.17, 15) is 19.5 Å². The summed E-state index contributed by atoms with van der Waals surface area (Å²) in [5, 5.41) is 12.8. The van der Waals surface area contributed by atoms with Gasteiger partial charge in [-0.3, -0.25) is 23.9 Å². The standard InChI is InChI=1S/C23H36ClN6O8PS2/c1-11(2)37-20(33)12(3)29-39(40,35-7-8-41-21(34)23(4,5)6)36-9-13-16(31)14(24)19(38-13)30-10-26-15-17(30)27-22(25)28-18(15)32/h10-14,16,19,31H,7-9H2,1-6H3,(H,29,40)(H3,25,27,28,32)/t12-,13-,14+,16-,19-,39?/m1/s1. The molecule has 2 aromatic rings. The van der Waals surface area contributed by atoms with Gasteiger partial charge in [-0.25, -0.2) is 10.1 Å². The third kappa shape index (κ3) is 8.71. The number of esters is 1. The maximum atomic E-state index is 12.4. The molecule has 18 heteroatoms. The maximum Gasteiger partial charge on any atom is 0.323 e. The molecule has 14 nitrogen and oxygen atoms in total. The number of hydrogen-bond acceptors (Lipinski definition) is 13. The normalized spacial score (nSPS) is 23.5. The van der Waals surface area contributed by atoms with Crippen molar-refractivity contribution in [3.05, 3.63) is 16.7 Å². The van der Waals surface area contributed by atoms with Gasteiger partial charge in [0.15, 0.2) is 22.5 Å². The van der Waals surface area contributed by atoms with Crippen LogP contribution < -0.4 is 16.4 Å². The lowest BCUT2D eigenvalue weighted by molar-refractivity contribution is -0.149. The highest BCUT2D eigenvalue weighted by Gasteiger charge is 2.45. The molecule has 0 spiro atoms. The monoisotopic (exact) mass is 654 g/mol. The molecule has 0 aromatic carbocycles. The average molecular weight is 655 g/mol. The number of H-pyrrole nitrogens is 1. The number of imidazole rings is 1. The van der Waals surface area contributed by atoms with Crippen molar-refractivity contribution in [1.82, 2.24) is 24.6 Å². The third-order valence-electron chi connectivity index (χ3n) is 5.67. The van der Waals surface area contributed by atoms with E-state index < -0.39 is 53.4 Å². The molecule has 1 fully saturated rings. The summed E-state index contributed by atoms with van der Waals surface area (Å²) in [5.41, 5.74) is 4.78. The van der Waals surface area contributed by atoms with Crippen LogP contribution in [0, 0.1) is 5.41 Å². The molecule has 1 unspecified atom stereocenters. The third-order valence-corrected chi connectivity index (χ3v) is 10.1. The Morgan fingerprint density at radius 1 is 1.37 bits per heavy atom. The Balaban J connectivity index is 1.72. The molecule has 1 saturated heterocycles. The molecule has 5 N–H and O–H groups in total. The van der Waals surface area contributed by atoms with Crippen molar-refractivity contribution in [2.45, 2.75) is 77.5 Å². The largest absolute Gasteiger partial charge is 0.462 e. The lowest BCUT2D eigenvalue weighted by atomic mass is 10.00. The molecule has 230 valence electrons. The van der Waals surface area contributed by atoms with Crippen molar-refractivity contribution in [3.8, 4) is 0 Å². The molecule has 0 radical (unpaired) electrons. The first kappa shape index (κ1) is 33.9. The van der Waals surface area contributed by atoms with Crippen LogP contribution in [-0.4, -0.2) is 84.4 Å². The van der Waals surface area contributed by atoms with Crippen LogP contribution in [0.2, 0.25) is 0 Å². The summed E-state index contributed by atoms with van der Waals surface area (Å²) in [5.74, 6) is -0.363. The number of nitrogens with two attached hydrogens (primary N) is 1. The SMILES string of the molecule is CC(C)OC(=O)[C@@H](C)NP(=S)(OCCSC(=O)C(C)(C)C)OC[C@H]1O[C@@H](n2cnc3c(=O)[nH]c(N)nc32)[C@@H](Cl)[C@@H]1O. The Morgan fingerprint density at radius 3 is 2.68 bits per heavy atom.